The van der Waals surface area contributed by atoms with Gasteiger partial charge in [0.05, 0.1) is 5.69 Å². The zero-order valence-corrected chi connectivity index (χ0v) is 15.0. The predicted octanol–water partition coefficient (Wildman–Crippen LogP) is 3.59. The number of hydrogen-bond acceptors (Lipinski definition) is 5. The van der Waals surface area contributed by atoms with Gasteiger partial charge in [-0.05, 0) is 51.5 Å². The maximum Gasteiger partial charge on any atom is 0.336 e. The highest BCUT2D eigenvalue weighted by molar-refractivity contribution is 6.04. The van der Waals surface area contributed by atoms with E-state index < -0.39 is 11.7 Å². The summed E-state index contributed by atoms with van der Waals surface area (Å²) in [6.07, 6.45) is -0.778. The number of Topliss-reactive ketones (excluding diaryl/α,β-unsaturated/α-hetero) is 2. The number of H-pyrrole nitrogens is 1. The number of carbonyl (C=O) groups excluding carboxylic acids is 2. The molecule has 0 aliphatic rings. The lowest BCUT2D eigenvalue weighted by Crippen LogP contribution is -2.25. The molecule has 6 heteroatoms. The quantitative estimate of drug-likeness (QED) is 0.559. The second-order valence-corrected chi connectivity index (χ2v) is 6.26. The molecule has 26 heavy (non-hydrogen) atoms. The molecule has 1 aromatic carbocycles. The lowest BCUT2D eigenvalue weighted by molar-refractivity contribution is 0.0812. The average Bonchev–Trinajstić information content (AvgIpc) is 2.88. The van der Waals surface area contributed by atoms with Crippen LogP contribution in [0.25, 0.3) is 11.0 Å². The van der Waals surface area contributed by atoms with Crippen molar-refractivity contribution >= 4 is 22.5 Å². The molecule has 2 heterocycles. The molecule has 0 unspecified atom stereocenters. The number of carbonyl (C=O) groups is 2. The van der Waals surface area contributed by atoms with E-state index in [2.05, 4.69) is 4.98 Å². The Balaban J connectivity index is 1.87. The number of fused-ring (bicyclic) bond motifs is 1. The van der Waals surface area contributed by atoms with Crippen LogP contribution in [0, 0.1) is 13.8 Å². The Morgan fingerprint density at radius 2 is 1.85 bits per heavy atom. The van der Waals surface area contributed by atoms with Crippen molar-refractivity contribution in [3.05, 3.63) is 63.3 Å². The Hall–Kier alpha value is -3.15. The molecule has 0 aliphatic carbocycles. The van der Waals surface area contributed by atoms with Crippen molar-refractivity contribution in [1.29, 1.82) is 0 Å². The maximum absolute atomic E-state index is 12.7. The van der Waals surface area contributed by atoms with Gasteiger partial charge >= 0.3 is 5.63 Å². The molecule has 0 aliphatic heterocycles. The first kappa shape index (κ1) is 17.7. The molecule has 0 bridgehead atoms. The molecule has 0 saturated heterocycles. The maximum atomic E-state index is 12.7. The van der Waals surface area contributed by atoms with Gasteiger partial charge in [-0.2, -0.15) is 0 Å². The van der Waals surface area contributed by atoms with Crippen LogP contribution in [-0.2, 0) is 0 Å². The topological polar surface area (TPSA) is 89.4 Å². The number of aromatic nitrogens is 1. The Kier molecular flexibility index (Phi) is 4.50. The second kappa shape index (κ2) is 6.63. The van der Waals surface area contributed by atoms with Crippen molar-refractivity contribution in [3.8, 4) is 5.75 Å². The fourth-order valence-corrected chi connectivity index (χ4v) is 3.10. The number of benzene rings is 1. The van der Waals surface area contributed by atoms with E-state index in [1.807, 2.05) is 0 Å². The average molecular weight is 353 g/mol. The van der Waals surface area contributed by atoms with Crippen LogP contribution in [-0.4, -0.2) is 22.7 Å². The molecule has 1 N–H and O–H groups in total. The van der Waals surface area contributed by atoms with Gasteiger partial charge in [0.2, 0.25) is 5.78 Å². The molecule has 3 rings (SSSR count). The highest BCUT2D eigenvalue weighted by Gasteiger charge is 2.24. The minimum absolute atomic E-state index is 0.0894. The van der Waals surface area contributed by atoms with Crippen LogP contribution in [0.4, 0.5) is 0 Å². The standard InChI is InChI=1S/C20H19NO5/c1-10-18(12(3)22)11(2)21-19(10)20(24)13(4)25-15-7-5-14-6-8-17(23)26-16(14)9-15/h5-9,13,21H,1-4H3/t13-/m1/s1. The van der Waals surface area contributed by atoms with E-state index in [0.717, 1.165) is 5.39 Å². The van der Waals surface area contributed by atoms with E-state index >= 15 is 0 Å². The lowest BCUT2D eigenvalue weighted by Gasteiger charge is -2.14. The summed E-state index contributed by atoms with van der Waals surface area (Å²) in [5, 5.41) is 0.762. The van der Waals surface area contributed by atoms with E-state index in [4.69, 9.17) is 9.15 Å². The summed E-state index contributed by atoms with van der Waals surface area (Å²) in [6, 6.07) is 8.04. The lowest BCUT2D eigenvalue weighted by atomic mass is 10.0. The molecular formula is C20H19NO5. The number of rotatable bonds is 5. The minimum atomic E-state index is -0.778. The van der Waals surface area contributed by atoms with Crippen LogP contribution >= 0.6 is 0 Å². The van der Waals surface area contributed by atoms with E-state index in [-0.39, 0.29) is 11.6 Å². The third kappa shape index (κ3) is 3.18. The van der Waals surface area contributed by atoms with Gasteiger partial charge in [0.1, 0.15) is 11.3 Å². The van der Waals surface area contributed by atoms with Gasteiger partial charge in [-0.25, -0.2) is 4.79 Å². The third-order valence-electron chi connectivity index (χ3n) is 4.31. The predicted molar refractivity (Wildman–Crippen MR) is 97.2 cm³/mol. The summed E-state index contributed by atoms with van der Waals surface area (Å²) >= 11 is 0. The van der Waals surface area contributed by atoms with Gasteiger partial charge in [0.15, 0.2) is 11.9 Å². The van der Waals surface area contributed by atoms with Crippen LogP contribution in [0.3, 0.4) is 0 Å². The Bertz CT molecular complexity index is 1070. The van der Waals surface area contributed by atoms with Crippen LogP contribution in [0.1, 0.15) is 46.0 Å². The van der Waals surface area contributed by atoms with Crippen LogP contribution in [0.15, 0.2) is 39.5 Å². The number of ketones is 2. The molecule has 1 atom stereocenters. The first-order valence-corrected chi connectivity index (χ1v) is 8.23. The highest BCUT2D eigenvalue weighted by atomic mass is 16.5. The zero-order chi connectivity index (χ0) is 19.0. The number of aryl methyl sites for hydroxylation is 1. The monoisotopic (exact) mass is 353 g/mol. The van der Waals surface area contributed by atoms with Gasteiger partial charge in [-0.3, -0.25) is 9.59 Å². The van der Waals surface area contributed by atoms with Gasteiger partial charge in [-0.1, -0.05) is 0 Å². The Labute approximate surface area is 149 Å². The van der Waals surface area contributed by atoms with Gasteiger partial charge in [-0.15, -0.1) is 0 Å². The van der Waals surface area contributed by atoms with Crippen LogP contribution in [0.5, 0.6) is 5.75 Å². The van der Waals surface area contributed by atoms with Crippen LogP contribution < -0.4 is 10.4 Å². The SMILES string of the molecule is CC(=O)c1c(C)[nH]c(C(=O)[C@@H](C)Oc2ccc3ccc(=O)oc3c2)c1C. The number of hydrogen-bond donors (Lipinski definition) is 1. The minimum Gasteiger partial charge on any atom is -0.482 e. The summed E-state index contributed by atoms with van der Waals surface area (Å²) in [5.74, 6) is 0.0709. The van der Waals surface area contributed by atoms with Crippen molar-refractivity contribution in [3.63, 3.8) is 0 Å². The Morgan fingerprint density at radius 1 is 1.15 bits per heavy atom. The van der Waals surface area contributed by atoms with E-state index in [0.29, 0.717) is 33.8 Å². The van der Waals surface area contributed by atoms with Crippen molar-refractivity contribution in [2.24, 2.45) is 0 Å². The first-order valence-electron chi connectivity index (χ1n) is 8.23. The smallest absolute Gasteiger partial charge is 0.336 e. The molecule has 0 radical (unpaired) electrons. The zero-order valence-electron chi connectivity index (χ0n) is 15.0. The summed E-state index contributed by atoms with van der Waals surface area (Å²) < 4.78 is 10.9. The second-order valence-electron chi connectivity index (χ2n) is 6.26. The molecule has 0 fully saturated rings. The molecule has 0 saturated carbocycles. The fraction of sp³-hybridized carbons (Fsp3) is 0.250. The van der Waals surface area contributed by atoms with Crippen molar-refractivity contribution in [2.45, 2.75) is 33.8 Å². The number of nitrogens with one attached hydrogen (secondary N) is 1. The largest absolute Gasteiger partial charge is 0.482 e. The van der Waals surface area contributed by atoms with Crippen molar-refractivity contribution in [2.75, 3.05) is 0 Å². The molecule has 3 aromatic rings. The van der Waals surface area contributed by atoms with E-state index in [1.165, 1.54) is 13.0 Å². The van der Waals surface area contributed by atoms with Gasteiger partial charge < -0.3 is 14.1 Å². The number of aromatic amines is 1. The normalized spacial score (nSPS) is 12.2. The van der Waals surface area contributed by atoms with Crippen molar-refractivity contribution < 1.29 is 18.7 Å². The molecule has 6 nitrogen and oxygen atoms in total. The molecular weight excluding hydrogens is 334 g/mol. The van der Waals surface area contributed by atoms with Gasteiger partial charge in [0, 0.05) is 28.8 Å². The van der Waals surface area contributed by atoms with Gasteiger partial charge in [0.25, 0.3) is 0 Å². The van der Waals surface area contributed by atoms with E-state index in [9.17, 15) is 14.4 Å². The fourth-order valence-electron chi connectivity index (χ4n) is 3.10. The third-order valence-corrected chi connectivity index (χ3v) is 4.31. The highest BCUT2D eigenvalue weighted by Crippen LogP contribution is 2.23. The summed E-state index contributed by atoms with van der Waals surface area (Å²) in [6.45, 7) is 6.61. The molecule has 134 valence electrons. The molecule has 0 spiro atoms. The molecule has 2 aromatic heterocycles. The summed E-state index contributed by atoms with van der Waals surface area (Å²) in [4.78, 5) is 38.8. The summed E-state index contributed by atoms with van der Waals surface area (Å²) in [5.41, 5.74) is 2.13. The first-order chi connectivity index (χ1) is 12.3. The Morgan fingerprint density at radius 3 is 2.50 bits per heavy atom. The van der Waals surface area contributed by atoms with E-state index in [1.54, 1.807) is 45.0 Å². The summed E-state index contributed by atoms with van der Waals surface area (Å²) in [7, 11) is 0. The van der Waals surface area contributed by atoms with Crippen molar-refractivity contribution in [1.82, 2.24) is 4.98 Å². The van der Waals surface area contributed by atoms with Crippen LogP contribution in [0.2, 0.25) is 0 Å². The number of ether oxygens (including phenoxy) is 1. The molecule has 0 amide bonds.